The molecule has 0 atom stereocenters. The molecule has 9 heteroatoms. The van der Waals surface area contributed by atoms with E-state index in [-0.39, 0.29) is 29.2 Å². The molecule has 170 valence electrons. The van der Waals surface area contributed by atoms with Crippen molar-refractivity contribution >= 4 is 26.8 Å². The van der Waals surface area contributed by atoms with Gasteiger partial charge in [-0.25, -0.2) is 22.2 Å². The number of hydrogen-bond donors (Lipinski definition) is 2. The summed E-state index contributed by atoms with van der Waals surface area (Å²) in [5, 5.41) is 7.85. The number of fused-ring (bicyclic) bond motifs is 1. The molecule has 3 aromatic carbocycles. The van der Waals surface area contributed by atoms with Crippen molar-refractivity contribution in [1.82, 2.24) is 19.8 Å². The van der Waals surface area contributed by atoms with Gasteiger partial charge in [-0.1, -0.05) is 18.2 Å². The van der Waals surface area contributed by atoms with E-state index in [1.807, 2.05) is 6.07 Å². The van der Waals surface area contributed by atoms with E-state index in [4.69, 9.17) is 0 Å². The van der Waals surface area contributed by atoms with Crippen LogP contribution in [0.3, 0.4) is 0 Å². The Bertz CT molecular complexity index is 1410. The van der Waals surface area contributed by atoms with Crippen LogP contribution in [0.15, 0.2) is 77.8 Å². The van der Waals surface area contributed by atoms with Gasteiger partial charge in [0.2, 0.25) is 10.0 Å². The van der Waals surface area contributed by atoms with Crippen LogP contribution in [0.5, 0.6) is 0 Å². The highest BCUT2D eigenvalue weighted by Gasteiger charge is 2.17. The Balaban J connectivity index is 1.55. The first kappa shape index (κ1) is 22.6. The van der Waals surface area contributed by atoms with Crippen molar-refractivity contribution in [3.8, 4) is 5.69 Å². The largest absolute Gasteiger partial charge is 0.348 e. The van der Waals surface area contributed by atoms with Crippen molar-refractivity contribution in [2.45, 2.75) is 31.3 Å². The fourth-order valence-electron chi connectivity index (χ4n) is 3.52. The van der Waals surface area contributed by atoms with Crippen molar-refractivity contribution < 1.29 is 17.6 Å². The van der Waals surface area contributed by atoms with Crippen LogP contribution in [0.2, 0.25) is 0 Å². The molecule has 4 aromatic rings. The van der Waals surface area contributed by atoms with Gasteiger partial charge in [0.15, 0.2) is 0 Å². The predicted molar refractivity (Wildman–Crippen MR) is 124 cm³/mol. The number of rotatable bonds is 7. The SMILES string of the molecule is CC(C)NS(=O)(=O)c1cccc(CNC(=O)c2cccc3c2cnn3-c2ccc(F)cc2)c1. The van der Waals surface area contributed by atoms with Gasteiger partial charge in [0, 0.05) is 18.0 Å². The molecule has 0 saturated carbocycles. The van der Waals surface area contributed by atoms with Gasteiger partial charge in [-0.2, -0.15) is 5.10 Å². The van der Waals surface area contributed by atoms with Gasteiger partial charge < -0.3 is 5.32 Å². The topological polar surface area (TPSA) is 93.1 Å². The van der Waals surface area contributed by atoms with Gasteiger partial charge in [-0.3, -0.25) is 4.79 Å². The maximum absolute atomic E-state index is 13.3. The number of amides is 1. The molecule has 0 spiro atoms. The van der Waals surface area contributed by atoms with Crippen molar-refractivity contribution in [2.24, 2.45) is 0 Å². The molecule has 1 amide bonds. The number of benzene rings is 3. The fraction of sp³-hybridized carbons (Fsp3) is 0.167. The van der Waals surface area contributed by atoms with Gasteiger partial charge in [0.25, 0.3) is 5.91 Å². The lowest BCUT2D eigenvalue weighted by atomic mass is 10.1. The van der Waals surface area contributed by atoms with Crippen LogP contribution in [0.1, 0.15) is 29.8 Å². The number of nitrogens with zero attached hydrogens (tertiary/aromatic N) is 2. The van der Waals surface area contributed by atoms with Crippen molar-refractivity contribution in [3.05, 3.63) is 89.9 Å². The average molecular weight is 467 g/mol. The number of sulfonamides is 1. The van der Waals surface area contributed by atoms with Gasteiger partial charge in [0.1, 0.15) is 5.82 Å². The molecule has 4 rings (SSSR count). The van der Waals surface area contributed by atoms with Crippen LogP contribution in [0, 0.1) is 5.82 Å². The molecule has 0 fully saturated rings. The number of halogens is 1. The second-order valence-electron chi connectivity index (χ2n) is 7.88. The van der Waals surface area contributed by atoms with Crippen LogP contribution in [0.4, 0.5) is 4.39 Å². The lowest BCUT2D eigenvalue weighted by Crippen LogP contribution is -2.30. The highest BCUT2D eigenvalue weighted by atomic mass is 32.2. The molecule has 0 unspecified atom stereocenters. The normalized spacial score (nSPS) is 11.8. The smallest absolute Gasteiger partial charge is 0.252 e. The molecule has 1 aromatic heterocycles. The second kappa shape index (κ2) is 9.13. The van der Waals surface area contributed by atoms with E-state index in [9.17, 15) is 17.6 Å². The Hall–Kier alpha value is -3.56. The summed E-state index contributed by atoms with van der Waals surface area (Å²) in [6.07, 6.45) is 1.60. The number of nitrogens with one attached hydrogen (secondary N) is 2. The number of carbonyl (C=O) groups is 1. The Kier molecular flexibility index (Phi) is 6.26. The summed E-state index contributed by atoms with van der Waals surface area (Å²) in [5.41, 5.74) is 2.48. The Morgan fingerprint density at radius 2 is 1.79 bits per heavy atom. The second-order valence-corrected chi connectivity index (χ2v) is 9.59. The zero-order valence-electron chi connectivity index (χ0n) is 18.1. The zero-order valence-corrected chi connectivity index (χ0v) is 18.9. The fourth-order valence-corrected chi connectivity index (χ4v) is 4.84. The number of hydrogen-bond acceptors (Lipinski definition) is 4. The van der Waals surface area contributed by atoms with E-state index in [0.717, 1.165) is 0 Å². The Morgan fingerprint density at radius 3 is 2.52 bits per heavy atom. The summed E-state index contributed by atoms with van der Waals surface area (Å²) in [7, 11) is -3.63. The van der Waals surface area contributed by atoms with Crippen LogP contribution < -0.4 is 10.0 Å². The number of aromatic nitrogens is 2. The summed E-state index contributed by atoms with van der Waals surface area (Å²) in [5.74, 6) is -0.653. The molecule has 1 heterocycles. The van der Waals surface area contributed by atoms with E-state index >= 15 is 0 Å². The first-order valence-electron chi connectivity index (χ1n) is 10.4. The summed E-state index contributed by atoms with van der Waals surface area (Å²) in [6.45, 7) is 3.66. The third kappa shape index (κ3) is 4.94. The molecule has 0 aliphatic carbocycles. The van der Waals surface area contributed by atoms with Crippen LogP contribution in [-0.2, 0) is 16.6 Å². The van der Waals surface area contributed by atoms with E-state index in [2.05, 4.69) is 15.1 Å². The molecule has 0 radical (unpaired) electrons. The first-order valence-corrected chi connectivity index (χ1v) is 11.8. The summed E-state index contributed by atoms with van der Waals surface area (Å²) >= 11 is 0. The van der Waals surface area contributed by atoms with E-state index in [1.165, 1.54) is 24.3 Å². The highest BCUT2D eigenvalue weighted by molar-refractivity contribution is 7.89. The maximum atomic E-state index is 13.3. The van der Waals surface area contributed by atoms with Crippen molar-refractivity contribution in [1.29, 1.82) is 0 Å². The molecule has 7 nitrogen and oxygen atoms in total. The molecular weight excluding hydrogens is 443 g/mol. The molecule has 0 saturated heterocycles. The quantitative estimate of drug-likeness (QED) is 0.434. The van der Waals surface area contributed by atoms with Crippen molar-refractivity contribution in [2.75, 3.05) is 0 Å². The molecule has 0 aliphatic rings. The van der Waals surface area contributed by atoms with E-state index in [0.29, 0.717) is 27.7 Å². The highest BCUT2D eigenvalue weighted by Crippen LogP contribution is 2.22. The van der Waals surface area contributed by atoms with E-state index < -0.39 is 10.0 Å². The maximum Gasteiger partial charge on any atom is 0.252 e. The molecular formula is C24H23FN4O3S. The van der Waals surface area contributed by atoms with Gasteiger partial charge in [-0.15, -0.1) is 0 Å². The lowest BCUT2D eigenvalue weighted by Gasteiger charge is -2.11. The Labute approximate surface area is 191 Å². The minimum atomic E-state index is -3.63. The van der Waals surface area contributed by atoms with Crippen molar-refractivity contribution in [3.63, 3.8) is 0 Å². The molecule has 33 heavy (non-hydrogen) atoms. The summed E-state index contributed by atoms with van der Waals surface area (Å²) in [6, 6.07) is 17.4. The minimum Gasteiger partial charge on any atom is -0.348 e. The van der Waals surface area contributed by atoms with Crippen LogP contribution in [0.25, 0.3) is 16.6 Å². The monoisotopic (exact) mass is 466 g/mol. The summed E-state index contributed by atoms with van der Waals surface area (Å²) < 4.78 is 42.3. The lowest BCUT2D eigenvalue weighted by molar-refractivity contribution is 0.0952. The predicted octanol–water partition coefficient (Wildman–Crippen LogP) is 3.78. The minimum absolute atomic E-state index is 0.144. The van der Waals surface area contributed by atoms with Gasteiger partial charge in [0.05, 0.1) is 27.9 Å². The first-order chi connectivity index (χ1) is 15.7. The van der Waals surface area contributed by atoms with Gasteiger partial charge >= 0.3 is 0 Å². The third-order valence-corrected chi connectivity index (χ3v) is 6.64. The molecule has 0 aliphatic heterocycles. The average Bonchev–Trinajstić information content (AvgIpc) is 3.21. The molecule has 0 bridgehead atoms. The van der Waals surface area contributed by atoms with Crippen LogP contribution >= 0.6 is 0 Å². The summed E-state index contributed by atoms with van der Waals surface area (Å²) in [4.78, 5) is 13.1. The zero-order chi connectivity index (χ0) is 23.6. The van der Waals surface area contributed by atoms with Crippen LogP contribution in [-0.4, -0.2) is 30.1 Å². The molecule has 2 N–H and O–H groups in total. The standard InChI is InChI=1S/C24H23FN4O3S/c1-16(2)28-33(31,32)20-6-3-5-17(13-20)14-26-24(30)21-7-4-8-23-22(21)15-27-29(23)19-11-9-18(25)10-12-19/h3-13,15-16,28H,14H2,1-2H3,(H,26,30). The number of carbonyl (C=O) groups excluding carboxylic acids is 1. The van der Waals surface area contributed by atoms with E-state index in [1.54, 1.807) is 61.1 Å². The Morgan fingerprint density at radius 1 is 1.06 bits per heavy atom. The van der Waals surface area contributed by atoms with Gasteiger partial charge in [-0.05, 0) is 67.9 Å². The third-order valence-electron chi connectivity index (χ3n) is 4.98.